The lowest BCUT2D eigenvalue weighted by atomic mass is 10.2. The van der Waals surface area contributed by atoms with Gasteiger partial charge in [-0.2, -0.15) is 5.10 Å². The van der Waals surface area contributed by atoms with Gasteiger partial charge in [0.2, 0.25) is 0 Å². The Labute approximate surface area is 101 Å². The van der Waals surface area contributed by atoms with E-state index in [9.17, 15) is 0 Å². The number of nitrogens with one attached hydrogen (secondary N) is 1. The third kappa shape index (κ3) is 2.91. The third-order valence-corrected chi connectivity index (χ3v) is 2.71. The molecule has 1 heterocycles. The summed E-state index contributed by atoms with van der Waals surface area (Å²) in [6.45, 7) is 2.86. The van der Waals surface area contributed by atoms with Crippen LogP contribution in [0.3, 0.4) is 0 Å². The molecule has 1 atom stereocenters. The van der Waals surface area contributed by atoms with E-state index in [0.29, 0.717) is 6.04 Å². The maximum Gasteiger partial charge on any atom is 0.156 e. The Morgan fingerprint density at radius 2 is 2.18 bits per heavy atom. The van der Waals surface area contributed by atoms with Gasteiger partial charge in [-0.1, -0.05) is 24.3 Å². The number of fused-ring (bicyclic) bond motifs is 1. The SMILES string of the molecule is COCCC(C)Nc1nncc2ccccc12. The highest BCUT2D eigenvalue weighted by molar-refractivity contribution is 5.90. The predicted octanol–water partition coefficient (Wildman–Crippen LogP) is 2.47. The van der Waals surface area contributed by atoms with Crippen LogP contribution >= 0.6 is 0 Å². The molecule has 0 saturated carbocycles. The smallest absolute Gasteiger partial charge is 0.156 e. The molecule has 0 saturated heterocycles. The van der Waals surface area contributed by atoms with Crippen molar-refractivity contribution >= 4 is 16.6 Å². The summed E-state index contributed by atoms with van der Waals surface area (Å²) < 4.78 is 5.06. The summed E-state index contributed by atoms with van der Waals surface area (Å²) in [5.41, 5.74) is 0. The van der Waals surface area contributed by atoms with Crippen molar-refractivity contribution in [3.05, 3.63) is 30.5 Å². The summed E-state index contributed by atoms with van der Waals surface area (Å²) in [6, 6.07) is 8.41. The first-order chi connectivity index (χ1) is 8.31. The van der Waals surface area contributed by atoms with Gasteiger partial charge in [-0.15, -0.1) is 5.10 Å². The summed E-state index contributed by atoms with van der Waals surface area (Å²) in [5, 5.41) is 13.7. The van der Waals surface area contributed by atoms with Gasteiger partial charge in [0, 0.05) is 30.5 Å². The molecule has 4 heteroatoms. The Morgan fingerprint density at radius 1 is 1.35 bits per heavy atom. The van der Waals surface area contributed by atoms with E-state index in [1.165, 1.54) is 0 Å². The van der Waals surface area contributed by atoms with Gasteiger partial charge in [-0.05, 0) is 13.3 Å². The summed E-state index contributed by atoms with van der Waals surface area (Å²) in [6.07, 6.45) is 2.72. The average molecular weight is 231 g/mol. The van der Waals surface area contributed by atoms with Crippen LogP contribution in [0.2, 0.25) is 0 Å². The average Bonchev–Trinajstić information content (AvgIpc) is 2.37. The second-order valence-electron chi connectivity index (χ2n) is 4.11. The number of methoxy groups -OCH3 is 1. The first-order valence-corrected chi connectivity index (χ1v) is 5.77. The van der Waals surface area contributed by atoms with Crippen LogP contribution in [-0.2, 0) is 4.74 Å². The van der Waals surface area contributed by atoms with E-state index in [0.717, 1.165) is 29.6 Å². The molecule has 1 aromatic carbocycles. The van der Waals surface area contributed by atoms with Crippen LogP contribution in [-0.4, -0.2) is 30.0 Å². The van der Waals surface area contributed by atoms with Crippen molar-refractivity contribution in [3.63, 3.8) is 0 Å². The Kier molecular flexibility index (Phi) is 3.88. The first kappa shape index (κ1) is 11.8. The molecular formula is C13H17N3O. The molecule has 17 heavy (non-hydrogen) atoms. The van der Waals surface area contributed by atoms with E-state index in [1.54, 1.807) is 13.3 Å². The van der Waals surface area contributed by atoms with Crippen molar-refractivity contribution in [2.45, 2.75) is 19.4 Å². The minimum absolute atomic E-state index is 0.315. The van der Waals surface area contributed by atoms with Gasteiger partial charge >= 0.3 is 0 Å². The number of ether oxygens (including phenoxy) is 1. The van der Waals surface area contributed by atoms with Crippen molar-refractivity contribution in [2.75, 3.05) is 19.0 Å². The minimum Gasteiger partial charge on any atom is -0.385 e. The van der Waals surface area contributed by atoms with Gasteiger partial charge in [0.25, 0.3) is 0 Å². The summed E-state index contributed by atoms with van der Waals surface area (Å²) in [5.74, 6) is 0.840. The monoisotopic (exact) mass is 231 g/mol. The second kappa shape index (κ2) is 5.59. The van der Waals surface area contributed by atoms with Crippen LogP contribution in [0.5, 0.6) is 0 Å². The van der Waals surface area contributed by atoms with Gasteiger partial charge in [0.1, 0.15) is 0 Å². The number of nitrogens with zero attached hydrogens (tertiary/aromatic N) is 2. The minimum atomic E-state index is 0.315. The molecule has 0 fully saturated rings. The zero-order valence-corrected chi connectivity index (χ0v) is 10.2. The van der Waals surface area contributed by atoms with E-state index in [-0.39, 0.29) is 0 Å². The van der Waals surface area contributed by atoms with Gasteiger partial charge in [-0.25, -0.2) is 0 Å². The number of anilines is 1. The molecule has 1 aromatic heterocycles. The quantitative estimate of drug-likeness (QED) is 0.858. The van der Waals surface area contributed by atoms with Gasteiger partial charge in [0.15, 0.2) is 5.82 Å². The fourth-order valence-corrected chi connectivity index (χ4v) is 1.73. The molecule has 1 unspecified atom stereocenters. The molecular weight excluding hydrogens is 214 g/mol. The molecule has 0 aliphatic rings. The maximum atomic E-state index is 5.06. The Hall–Kier alpha value is -1.68. The molecule has 1 N–H and O–H groups in total. The topological polar surface area (TPSA) is 47.0 Å². The maximum absolute atomic E-state index is 5.06. The number of hydrogen-bond acceptors (Lipinski definition) is 4. The van der Waals surface area contributed by atoms with Crippen LogP contribution in [0.4, 0.5) is 5.82 Å². The van der Waals surface area contributed by atoms with E-state index >= 15 is 0 Å². The Bertz CT molecular complexity index is 482. The highest BCUT2D eigenvalue weighted by Gasteiger charge is 2.06. The molecule has 0 radical (unpaired) electrons. The molecule has 0 amide bonds. The zero-order valence-electron chi connectivity index (χ0n) is 10.2. The number of benzene rings is 1. The summed E-state index contributed by atoms with van der Waals surface area (Å²) in [4.78, 5) is 0. The molecule has 90 valence electrons. The van der Waals surface area contributed by atoms with Crippen molar-refractivity contribution in [1.29, 1.82) is 0 Å². The first-order valence-electron chi connectivity index (χ1n) is 5.77. The highest BCUT2D eigenvalue weighted by Crippen LogP contribution is 2.20. The number of aromatic nitrogens is 2. The molecule has 2 aromatic rings. The van der Waals surface area contributed by atoms with Crippen LogP contribution in [0.25, 0.3) is 10.8 Å². The van der Waals surface area contributed by atoms with Gasteiger partial charge < -0.3 is 10.1 Å². The lowest BCUT2D eigenvalue weighted by Gasteiger charge is -2.14. The van der Waals surface area contributed by atoms with E-state index < -0.39 is 0 Å². The standard InChI is InChI=1S/C13H17N3O/c1-10(7-8-17-2)15-13-12-6-4-3-5-11(12)9-14-16-13/h3-6,9-10H,7-8H2,1-2H3,(H,15,16). The Balaban J connectivity index is 2.18. The fraction of sp³-hybridized carbons (Fsp3) is 0.385. The lowest BCUT2D eigenvalue weighted by Crippen LogP contribution is -2.18. The van der Waals surface area contributed by atoms with Crippen LogP contribution < -0.4 is 5.32 Å². The second-order valence-corrected chi connectivity index (χ2v) is 4.11. The van der Waals surface area contributed by atoms with Gasteiger partial charge in [0.05, 0.1) is 6.20 Å². The third-order valence-electron chi connectivity index (χ3n) is 2.71. The van der Waals surface area contributed by atoms with Crippen LogP contribution in [0.1, 0.15) is 13.3 Å². The number of rotatable bonds is 5. The largest absolute Gasteiger partial charge is 0.385 e. The van der Waals surface area contributed by atoms with Crippen molar-refractivity contribution < 1.29 is 4.74 Å². The molecule has 0 aliphatic heterocycles. The van der Waals surface area contributed by atoms with Crippen molar-refractivity contribution in [2.24, 2.45) is 0 Å². The molecule has 4 nitrogen and oxygen atoms in total. The zero-order chi connectivity index (χ0) is 12.1. The van der Waals surface area contributed by atoms with E-state index in [1.807, 2.05) is 18.2 Å². The number of hydrogen-bond donors (Lipinski definition) is 1. The van der Waals surface area contributed by atoms with Crippen molar-refractivity contribution in [1.82, 2.24) is 10.2 Å². The van der Waals surface area contributed by atoms with E-state index in [2.05, 4.69) is 28.5 Å². The van der Waals surface area contributed by atoms with Crippen LogP contribution in [0.15, 0.2) is 30.5 Å². The summed E-state index contributed by atoms with van der Waals surface area (Å²) in [7, 11) is 1.71. The highest BCUT2D eigenvalue weighted by atomic mass is 16.5. The fourth-order valence-electron chi connectivity index (χ4n) is 1.73. The van der Waals surface area contributed by atoms with E-state index in [4.69, 9.17) is 4.74 Å². The normalized spacial score (nSPS) is 12.6. The van der Waals surface area contributed by atoms with Gasteiger partial charge in [-0.3, -0.25) is 0 Å². The lowest BCUT2D eigenvalue weighted by molar-refractivity contribution is 0.191. The molecule has 0 aliphatic carbocycles. The molecule has 0 bridgehead atoms. The predicted molar refractivity (Wildman–Crippen MR) is 69.1 cm³/mol. The van der Waals surface area contributed by atoms with Crippen molar-refractivity contribution in [3.8, 4) is 0 Å². The molecule has 2 rings (SSSR count). The Morgan fingerprint density at radius 3 is 3.00 bits per heavy atom. The van der Waals surface area contributed by atoms with Crippen LogP contribution in [0, 0.1) is 0 Å². The summed E-state index contributed by atoms with van der Waals surface area (Å²) >= 11 is 0. The molecule has 0 spiro atoms.